The Morgan fingerprint density at radius 2 is 2.33 bits per heavy atom. The Balaban J connectivity index is 1.41. The van der Waals surface area contributed by atoms with Crippen LogP contribution in [0, 0.1) is 5.92 Å². The average Bonchev–Trinajstić information content (AvgIpc) is 3.00. The summed E-state index contributed by atoms with van der Waals surface area (Å²) >= 11 is 0. The molecule has 0 aromatic rings. The average molecular weight is 295 g/mol. The van der Waals surface area contributed by atoms with Gasteiger partial charge in [-0.3, -0.25) is 9.69 Å². The fourth-order valence-electron chi connectivity index (χ4n) is 3.91. The minimum absolute atomic E-state index is 0.00757. The zero-order valence-corrected chi connectivity index (χ0v) is 13.1. The maximum absolute atomic E-state index is 12.3. The minimum Gasteiger partial charge on any atom is -0.373 e. The summed E-state index contributed by atoms with van der Waals surface area (Å²) < 4.78 is 5.90. The van der Waals surface area contributed by atoms with E-state index in [1.54, 1.807) is 0 Å². The molecule has 5 nitrogen and oxygen atoms in total. The molecule has 3 fully saturated rings. The summed E-state index contributed by atoms with van der Waals surface area (Å²) in [6.45, 7) is 6.83. The standard InChI is InChI=1S/C16H29N3O2/c1-2-12-5-6-17-15(8-12)16(20)18-9-14-10-19-7-3-4-13(19)11-21-14/h12-15,17H,2-11H2,1H3,(H,18,20). The van der Waals surface area contributed by atoms with E-state index in [0.717, 1.165) is 26.1 Å². The van der Waals surface area contributed by atoms with E-state index >= 15 is 0 Å². The third-order valence-corrected chi connectivity index (χ3v) is 5.37. The van der Waals surface area contributed by atoms with Crippen molar-refractivity contribution in [3.05, 3.63) is 0 Å². The van der Waals surface area contributed by atoms with Crippen LogP contribution in [-0.4, -0.2) is 61.8 Å². The van der Waals surface area contributed by atoms with Crippen molar-refractivity contribution < 1.29 is 9.53 Å². The molecule has 0 bridgehead atoms. The Kier molecular flexibility index (Phi) is 5.14. The predicted octanol–water partition coefficient (Wildman–Crippen LogP) is 0.744. The van der Waals surface area contributed by atoms with Crippen LogP contribution < -0.4 is 10.6 Å². The van der Waals surface area contributed by atoms with Crippen LogP contribution in [0.5, 0.6) is 0 Å². The highest BCUT2D eigenvalue weighted by atomic mass is 16.5. The molecule has 0 saturated carbocycles. The molecule has 4 atom stereocenters. The lowest BCUT2D eigenvalue weighted by atomic mass is 9.90. The van der Waals surface area contributed by atoms with Crippen molar-refractivity contribution in [1.82, 2.24) is 15.5 Å². The van der Waals surface area contributed by atoms with Gasteiger partial charge in [-0.05, 0) is 44.7 Å². The molecule has 3 saturated heterocycles. The first-order valence-electron chi connectivity index (χ1n) is 8.63. The molecule has 5 heteroatoms. The van der Waals surface area contributed by atoms with Gasteiger partial charge in [-0.15, -0.1) is 0 Å². The van der Waals surface area contributed by atoms with Crippen molar-refractivity contribution >= 4 is 5.91 Å². The summed E-state index contributed by atoms with van der Waals surface area (Å²) in [6.07, 6.45) is 6.06. The number of fused-ring (bicyclic) bond motifs is 1. The Labute approximate surface area is 127 Å². The summed E-state index contributed by atoms with van der Waals surface area (Å²) in [6, 6.07) is 0.620. The normalized spacial score (nSPS) is 37.2. The number of amides is 1. The molecular weight excluding hydrogens is 266 g/mol. The van der Waals surface area contributed by atoms with Gasteiger partial charge < -0.3 is 15.4 Å². The van der Waals surface area contributed by atoms with Crippen LogP contribution >= 0.6 is 0 Å². The van der Waals surface area contributed by atoms with Crippen molar-refractivity contribution in [1.29, 1.82) is 0 Å². The summed E-state index contributed by atoms with van der Waals surface area (Å²) in [5, 5.41) is 6.44. The van der Waals surface area contributed by atoms with E-state index in [0.29, 0.717) is 18.5 Å². The van der Waals surface area contributed by atoms with Crippen molar-refractivity contribution in [2.75, 3.05) is 32.8 Å². The van der Waals surface area contributed by atoms with E-state index in [-0.39, 0.29) is 18.1 Å². The third-order valence-electron chi connectivity index (χ3n) is 5.37. The van der Waals surface area contributed by atoms with Gasteiger partial charge in [-0.25, -0.2) is 0 Å². The first-order chi connectivity index (χ1) is 10.3. The molecule has 0 radical (unpaired) electrons. The molecule has 2 N–H and O–H groups in total. The van der Waals surface area contributed by atoms with Crippen LogP contribution in [0.25, 0.3) is 0 Å². The summed E-state index contributed by atoms with van der Waals surface area (Å²) in [5.41, 5.74) is 0. The maximum Gasteiger partial charge on any atom is 0.237 e. The van der Waals surface area contributed by atoms with Crippen molar-refractivity contribution in [3.8, 4) is 0 Å². The van der Waals surface area contributed by atoms with Crippen LogP contribution in [-0.2, 0) is 9.53 Å². The first-order valence-corrected chi connectivity index (χ1v) is 8.63. The first kappa shape index (κ1) is 15.3. The molecule has 3 heterocycles. The number of nitrogens with one attached hydrogen (secondary N) is 2. The molecule has 0 aromatic heterocycles. The monoisotopic (exact) mass is 295 g/mol. The fraction of sp³-hybridized carbons (Fsp3) is 0.938. The van der Waals surface area contributed by atoms with Gasteiger partial charge >= 0.3 is 0 Å². The molecule has 0 aliphatic carbocycles. The third kappa shape index (κ3) is 3.76. The van der Waals surface area contributed by atoms with E-state index in [9.17, 15) is 4.79 Å². The van der Waals surface area contributed by atoms with Gasteiger partial charge in [0.1, 0.15) is 0 Å². The van der Waals surface area contributed by atoms with Crippen molar-refractivity contribution in [2.24, 2.45) is 5.92 Å². The number of piperidine rings is 1. The SMILES string of the molecule is CCC1CCNC(C(=O)NCC2CN3CCCC3CO2)C1. The van der Waals surface area contributed by atoms with E-state index in [2.05, 4.69) is 22.5 Å². The van der Waals surface area contributed by atoms with Gasteiger partial charge in [0.15, 0.2) is 0 Å². The second-order valence-corrected chi connectivity index (χ2v) is 6.80. The number of nitrogens with zero attached hydrogens (tertiary/aromatic N) is 1. The van der Waals surface area contributed by atoms with Gasteiger partial charge in [0.2, 0.25) is 5.91 Å². The molecule has 1 amide bonds. The van der Waals surface area contributed by atoms with Crippen LogP contribution in [0.15, 0.2) is 0 Å². The Morgan fingerprint density at radius 1 is 1.43 bits per heavy atom. The smallest absolute Gasteiger partial charge is 0.237 e. The summed E-state index contributed by atoms with van der Waals surface area (Å²) in [4.78, 5) is 14.8. The van der Waals surface area contributed by atoms with E-state index in [1.807, 2.05) is 0 Å². The van der Waals surface area contributed by atoms with E-state index < -0.39 is 0 Å². The lowest BCUT2D eigenvalue weighted by Crippen LogP contribution is -2.53. The number of hydrogen-bond donors (Lipinski definition) is 2. The van der Waals surface area contributed by atoms with Crippen LogP contribution in [0.1, 0.15) is 39.0 Å². The van der Waals surface area contributed by atoms with Crippen LogP contribution in [0.2, 0.25) is 0 Å². The Morgan fingerprint density at radius 3 is 3.19 bits per heavy atom. The van der Waals surface area contributed by atoms with Gasteiger partial charge in [-0.1, -0.05) is 13.3 Å². The highest BCUT2D eigenvalue weighted by molar-refractivity contribution is 5.81. The summed E-state index contributed by atoms with van der Waals surface area (Å²) in [7, 11) is 0. The molecule has 120 valence electrons. The number of morpholine rings is 1. The second kappa shape index (κ2) is 7.07. The minimum atomic E-state index is -0.00757. The summed E-state index contributed by atoms with van der Waals surface area (Å²) in [5.74, 6) is 0.846. The van der Waals surface area contributed by atoms with Gasteiger partial charge in [0.25, 0.3) is 0 Å². The predicted molar refractivity (Wildman–Crippen MR) is 82.2 cm³/mol. The molecule has 0 spiro atoms. The van der Waals surface area contributed by atoms with Crippen molar-refractivity contribution in [3.63, 3.8) is 0 Å². The zero-order valence-electron chi connectivity index (χ0n) is 13.1. The maximum atomic E-state index is 12.3. The molecule has 0 aromatic carbocycles. The quantitative estimate of drug-likeness (QED) is 0.803. The largest absolute Gasteiger partial charge is 0.373 e. The van der Waals surface area contributed by atoms with Crippen molar-refractivity contribution in [2.45, 2.75) is 57.2 Å². The van der Waals surface area contributed by atoms with Gasteiger partial charge in [0, 0.05) is 19.1 Å². The van der Waals surface area contributed by atoms with E-state index in [4.69, 9.17) is 4.74 Å². The Bertz CT molecular complexity index is 363. The molecule has 3 aliphatic heterocycles. The number of carbonyl (C=O) groups is 1. The van der Waals surface area contributed by atoms with Gasteiger partial charge in [0.05, 0.1) is 18.8 Å². The molecule has 21 heavy (non-hydrogen) atoms. The molecular formula is C16H29N3O2. The molecule has 3 rings (SSSR count). The fourth-order valence-corrected chi connectivity index (χ4v) is 3.91. The molecule has 4 unspecified atom stereocenters. The van der Waals surface area contributed by atoms with E-state index in [1.165, 1.54) is 32.2 Å². The molecule has 3 aliphatic rings. The Hall–Kier alpha value is -0.650. The number of rotatable bonds is 4. The topological polar surface area (TPSA) is 53.6 Å². The highest BCUT2D eigenvalue weighted by Gasteiger charge is 2.33. The highest BCUT2D eigenvalue weighted by Crippen LogP contribution is 2.22. The lowest BCUT2D eigenvalue weighted by molar-refractivity contribution is -0.125. The zero-order chi connectivity index (χ0) is 14.7. The van der Waals surface area contributed by atoms with Crippen LogP contribution in [0.4, 0.5) is 0 Å². The lowest BCUT2D eigenvalue weighted by Gasteiger charge is -2.35. The van der Waals surface area contributed by atoms with Crippen LogP contribution in [0.3, 0.4) is 0 Å². The number of carbonyl (C=O) groups excluding carboxylic acids is 1. The van der Waals surface area contributed by atoms with Gasteiger partial charge in [-0.2, -0.15) is 0 Å². The second-order valence-electron chi connectivity index (χ2n) is 6.80. The number of ether oxygens (including phenoxy) is 1. The number of hydrogen-bond acceptors (Lipinski definition) is 4.